The van der Waals surface area contributed by atoms with Crippen molar-refractivity contribution >= 4 is 5.91 Å². The number of amides is 1. The molecule has 160 valence electrons. The van der Waals surface area contributed by atoms with Crippen molar-refractivity contribution in [3.63, 3.8) is 0 Å². The minimum Gasteiger partial charge on any atom is -0.345 e. The first kappa shape index (κ1) is 23.4. The van der Waals surface area contributed by atoms with E-state index in [2.05, 4.69) is 76.4 Å². The summed E-state index contributed by atoms with van der Waals surface area (Å²) in [5.41, 5.74) is 5.14. The summed E-state index contributed by atoms with van der Waals surface area (Å²) in [4.78, 5) is 13.2. The summed E-state index contributed by atoms with van der Waals surface area (Å²) in [5, 5.41) is 3.41. The molecule has 1 amide bonds. The zero-order chi connectivity index (χ0) is 21.7. The van der Waals surface area contributed by atoms with Crippen molar-refractivity contribution in [2.45, 2.75) is 93.0 Å². The normalized spacial score (nSPS) is 20.7. The Morgan fingerprint density at radius 1 is 1.00 bits per heavy atom. The molecule has 0 heterocycles. The maximum atomic E-state index is 13.2. The van der Waals surface area contributed by atoms with Gasteiger partial charge in [0.2, 0.25) is 5.91 Å². The molecule has 2 heteroatoms. The Hall–Kier alpha value is -1.83. The van der Waals surface area contributed by atoms with Crippen LogP contribution in [0.1, 0.15) is 87.0 Å². The van der Waals surface area contributed by atoms with E-state index in [-0.39, 0.29) is 22.8 Å². The van der Waals surface area contributed by atoms with Crippen molar-refractivity contribution in [1.29, 1.82) is 0 Å². The molecule has 0 spiro atoms. The van der Waals surface area contributed by atoms with Crippen LogP contribution in [0, 0.1) is 10.8 Å². The van der Waals surface area contributed by atoms with Crippen LogP contribution in [0.3, 0.4) is 0 Å². The summed E-state index contributed by atoms with van der Waals surface area (Å²) in [7, 11) is 0. The van der Waals surface area contributed by atoms with Crippen LogP contribution < -0.4 is 5.32 Å². The van der Waals surface area contributed by atoms with Crippen LogP contribution in [0.25, 0.3) is 0 Å². The summed E-state index contributed by atoms with van der Waals surface area (Å²) in [6, 6.07) is -0.00323. The number of hydrogen-bond donors (Lipinski definition) is 1. The Labute approximate surface area is 178 Å². The van der Waals surface area contributed by atoms with Crippen molar-refractivity contribution in [1.82, 2.24) is 5.32 Å². The van der Waals surface area contributed by atoms with Gasteiger partial charge in [0.1, 0.15) is 0 Å². The third-order valence-corrected chi connectivity index (χ3v) is 6.56. The molecule has 0 aromatic carbocycles. The highest BCUT2D eigenvalue weighted by molar-refractivity contribution is 5.85. The van der Waals surface area contributed by atoms with E-state index in [4.69, 9.17) is 0 Å². The first-order valence-corrected chi connectivity index (χ1v) is 11.5. The van der Waals surface area contributed by atoms with Crippen LogP contribution in [-0.2, 0) is 4.79 Å². The van der Waals surface area contributed by atoms with Gasteiger partial charge in [-0.1, -0.05) is 91.3 Å². The standard InChI is InChI=1S/C25H35NO.C2H6/c1-6-24(2,3)16-17-25(4,5)23(27)26-22-20-14-9-7-8-12-18(20)19-13-10-11-15-21(19)22;1-2/h7,9,12-15,22H,6,8,10-11,16-17H2,1-5H3,(H,26,27);1-2H3. The summed E-state index contributed by atoms with van der Waals surface area (Å²) in [5.74, 6) is 0.167. The van der Waals surface area contributed by atoms with Crippen LogP contribution in [-0.4, -0.2) is 11.9 Å². The maximum Gasteiger partial charge on any atom is 0.226 e. The number of fused-ring (bicyclic) bond motifs is 3. The van der Waals surface area contributed by atoms with E-state index in [9.17, 15) is 4.79 Å². The molecule has 1 atom stereocenters. The Morgan fingerprint density at radius 3 is 2.34 bits per heavy atom. The van der Waals surface area contributed by atoms with E-state index in [1.54, 1.807) is 0 Å². The number of carbonyl (C=O) groups excluding carboxylic acids is 1. The lowest BCUT2D eigenvalue weighted by Crippen LogP contribution is -2.43. The first-order chi connectivity index (χ1) is 13.7. The molecule has 0 aliphatic heterocycles. The lowest BCUT2D eigenvalue weighted by atomic mass is 9.77. The number of rotatable bonds is 6. The van der Waals surface area contributed by atoms with Gasteiger partial charge in [0, 0.05) is 5.41 Å². The van der Waals surface area contributed by atoms with Gasteiger partial charge in [-0.2, -0.15) is 0 Å². The molecule has 0 bridgehead atoms. The molecule has 0 saturated heterocycles. The summed E-state index contributed by atoms with van der Waals surface area (Å²) in [6.45, 7) is 15.0. The highest BCUT2D eigenvalue weighted by Crippen LogP contribution is 2.44. The smallest absolute Gasteiger partial charge is 0.226 e. The summed E-state index contributed by atoms with van der Waals surface area (Å²) >= 11 is 0. The van der Waals surface area contributed by atoms with Crippen molar-refractivity contribution in [2.24, 2.45) is 10.8 Å². The van der Waals surface area contributed by atoms with Gasteiger partial charge in [-0.25, -0.2) is 0 Å². The minimum atomic E-state index is -0.362. The molecule has 29 heavy (non-hydrogen) atoms. The highest BCUT2D eigenvalue weighted by Gasteiger charge is 2.39. The van der Waals surface area contributed by atoms with Gasteiger partial charge in [0.25, 0.3) is 0 Å². The van der Waals surface area contributed by atoms with E-state index in [1.165, 1.54) is 22.3 Å². The number of hydrogen-bond acceptors (Lipinski definition) is 1. The molecule has 0 aromatic rings. The lowest BCUT2D eigenvalue weighted by molar-refractivity contribution is -0.130. The Morgan fingerprint density at radius 2 is 1.66 bits per heavy atom. The van der Waals surface area contributed by atoms with Gasteiger partial charge in [-0.3, -0.25) is 4.79 Å². The molecule has 0 aromatic heterocycles. The van der Waals surface area contributed by atoms with E-state index < -0.39 is 0 Å². The lowest BCUT2D eigenvalue weighted by Gasteiger charge is -2.31. The Balaban J connectivity index is 0.00000145. The maximum absolute atomic E-state index is 13.2. The van der Waals surface area contributed by atoms with E-state index >= 15 is 0 Å². The topological polar surface area (TPSA) is 29.1 Å². The molecule has 1 fully saturated rings. The predicted octanol–water partition coefficient (Wildman–Crippen LogP) is 7.21. The van der Waals surface area contributed by atoms with Crippen LogP contribution in [0.5, 0.6) is 0 Å². The molecule has 0 radical (unpaired) electrons. The zero-order valence-electron chi connectivity index (χ0n) is 19.7. The van der Waals surface area contributed by atoms with E-state index in [1.807, 2.05) is 13.8 Å². The second kappa shape index (κ2) is 9.78. The summed E-state index contributed by atoms with van der Waals surface area (Å²) < 4.78 is 0. The molecule has 3 aliphatic rings. The molecule has 2 nitrogen and oxygen atoms in total. The van der Waals surface area contributed by atoms with Gasteiger partial charge in [0.05, 0.1) is 6.04 Å². The summed E-state index contributed by atoms with van der Waals surface area (Å²) in [6.07, 6.45) is 19.7. The molecule has 3 aliphatic carbocycles. The van der Waals surface area contributed by atoms with Gasteiger partial charge < -0.3 is 5.32 Å². The Kier molecular flexibility index (Phi) is 7.91. The monoisotopic (exact) mass is 395 g/mol. The van der Waals surface area contributed by atoms with Gasteiger partial charge >= 0.3 is 0 Å². The number of carbonyl (C=O) groups is 1. The third-order valence-electron chi connectivity index (χ3n) is 6.56. The van der Waals surface area contributed by atoms with Crippen LogP contribution in [0.15, 0.2) is 58.7 Å². The van der Waals surface area contributed by atoms with Crippen molar-refractivity contribution < 1.29 is 4.79 Å². The fraction of sp³-hybridized carbons (Fsp3) is 0.593. The largest absolute Gasteiger partial charge is 0.345 e. The average molecular weight is 396 g/mol. The average Bonchev–Trinajstić information content (AvgIpc) is 2.87. The Bertz CT molecular complexity index is 755. The number of nitrogens with one attached hydrogen (secondary N) is 1. The quantitative estimate of drug-likeness (QED) is 0.505. The van der Waals surface area contributed by atoms with Crippen molar-refractivity contribution in [2.75, 3.05) is 0 Å². The van der Waals surface area contributed by atoms with E-state index in [0.717, 1.165) is 38.5 Å². The molecular weight excluding hydrogens is 354 g/mol. The van der Waals surface area contributed by atoms with Crippen LogP contribution in [0.4, 0.5) is 0 Å². The molecular formula is C27H41NO. The van der Waals surface area contributed by atoms with Gasteiger partial charge in [-0.15, -0.1) is 0 Å². The van der Waals surface area contributed by atoms with E-state index in [0.29, 0.717) is 0 Å². The fourth-order valence-corrected chi connectivity index (χ4v) is 3.98. The first-order valence-electron chi connectivity index (χ1n) is 11.5. The minimum absolute atomic E-state index is 0.00323. The van der Waals surface area contributed by atoms with Gasteiger partial charge in [-0.05, 0) is 59.8 Å². The number of allylic oxidation sites excluding steroid dienone is 6. The van der Waals surface area contributed by atoms with Crippen LogP contribution >= 0.6 is 0 Å². The van der Waals surface area contributed by atoms with Crippen LogP contribution in [0.2, 0.25) is 0 Å². The second-order valence-corrected chi connectivity index (χ2v) is 9.57. The molecule has 1 unspecified atom stereocenters. The second-order valence-electron chi connectivity index (χ2n) is 9.57. The van der Waals surface area contributed by atoms with Gasteiger partial charge in [0.15, 0.2) is 0 Å². The zero-order valence-corrected chi connectivity index (χ0v) is 19.7. The predicted molar refractivity (Wildman–Crippen MR) is 126 cm³/mol. The molecule has 1 N–H and O–H groups in total. The fourth-order valence-electron chi connectivity index (χ4n) is 3.98. The van der Waals surface area contributed by atoms with Crippen molar-refractivity contribution in [3.8, 4) is 0 Å². The SMILES string of the molecule is CC.CCC(C)(C)CCC(C)(C)C(=O)NC1C2=CC=CCC=C2C2=CCCC=C21. The molecule has 3 rings (SSSR count). The van der Waals surface area contributed by atoms with Crippen molar-refractivity contribution in [3.05, 3.63) is 58.7 Å². The highest BCUT2D eigenvalue weighted by atomic mass is 16.2. The third kappa shape index (κ3) is 5.41. The molecule has 1 saturated carbocycles.